The van der Waals surface area contributed by atoms with Crippen LogP contribution >= 0.6 is 12.2 Å². The van der Waals surface area contributed by atoms with E-state index in [0.717, 1.165) is 10.9 Å². The molecule has 0 spiro atoms. The standard InChI is InChI=1S/C20H14N4O2S/c25-18-16(12-22-14-8-9-17-13(11-14)5-4-10-21-17)19(26)24(20(27)23-18)15-6-2-1-3-7-15/h1-12,16H,(H,23,25,27)/t16-/m0/s1. The van der Waals surface area contributed by atoms with Gasteiger partial charge in [-0.1, -0.05) is 24.3 Å². The maximum atomic E-state index is 12.9. The molecule has 0 bridgehead atoms. The van der Waals surface area contributed by atoms with Gasteiger partial charge >= 0.3 is 0 Å². The molecule has 1 aliphatic rings. The van der Waals surface area contributed by atoms with Crippen molar-refractivity contribution in [1.29, 1.82) is 0 Å². The molecule has 132 valence electrons. The lowest BCUT2D eigenvalue weighted by Gasteiger charge is -2.30. The van der Waals surface area contributed by atoms with Crippen LogP contribution in [0.4, 0.5) is 11.4 Å². The summed E-state index contributed by atoms with van der Waals surface area (Å²) in [5.41, 5.74) is 2.08. The summed E-state index contributed by atoms with van der Waals surface area (Å²) in [7, 11) is 0. The van der Waals surface area contributed by atoms with Gasteiger partial charge in [0.05, 0.1) is 16.9 Å². The van der Waals surface area contributed by atoms with Crippen LogP contribution in [0.3, 0.4) is 0 Å². The van der Waals surface area contributed by atoms with E-state index < -0.39 is 17.7 Å². The summed E-state index contributed by atoms with van der Waals surface area (Å²) in [6.07, 6.45) is 3.07. The number of carbonyl (C=O) groups excluding carboxylic acids is 2. The molecule has 1 N–H and O–H groups in total. The predicted octanol–water partition coefficient (Wildman–Crippen LogP) is 3.00. The third kappa shape index (κ3) is 3.32. The Morgan fingerprint density at radius 1 is 1.07 bits per heavy atom. The average Bonchev–Trinajstić information content (AvgIpc) is 2.68. The highest BCUT2D eigenvalue weighted by Gasteiger charge is 2.38. The number of nitrogens with one attached hydrogen (secondary N) is 1. The number of amides is 2. The van der Waals surface area contributed by atoms with E-state index in [-0.39, 0.29) is 5.11 Å². The Morgan fingerprint density at radius 2 is 1.89 bits per heavy atom. The summed E-state index contributed by atoms with van der Waals surface area (Å²) in [6, 6.07) is 18.2. The molecule has 1 aromatic heterocycles. The van der Waals surface area contributed by atoms with Gasteiger partial charge in [-0.05, 0) is 48.6 Å². The zero-order valence-electron chi connectivity index (χ0n) is 14.1. The lowest BCUT2D eigenvalue weighted by Crippen LogP contribution is -2.58. The van der Waals surface area contributed by atoms with Crippen LogP contribution in [-0.2, 0) is 9.59 Å². The number of aromatic nitrogens is 1. The SMILES string of the molecule is O=C1NC(=S)N(c2ccccc2)C(=O)[C@H]1C=Nc1ccc2ncccc2c1. The molecule has 0 aliphatic carbocycles. The zero-order chi connectivity index (χ0) is 18.8. The minimum atomic E-state index is -1.05. The smallest absolute Gasteiger partial charge is 0.251 e. The van der Waals surface area contributed by atoms with Gasteiger partial charge in [0.25, 0.3) is 5.91 Å². The highest BCUT2D eigenvalue weighted by atomic mass is 32.1. The first kappa shape index (κ1) is 17.0. The van der Waals surface area contributed by atoms with Crippen molar-refractivity contribution in [3.05, 3.63) is 66.9 Å². The van der Waals surface area contributed by atoms with Gasteiger partial charge in [0.1, 0.15) is 0 Å². The van der Waals surface area contributed by atoms with Gasteiger partial charge in [-0.3, -0.25) is 24.5 Å². The lowest BCUT2D eigenvalue weighted by molar-refractivity contribution is -0.130. The van der Waals surface area contributed by atoms with E-state index in [4.69, 9.17) is 12.2 Å². The second-order valence-corrected chi connectivity index (χ2v) is 6.33. The van der Waals surface area contributed by atoms with Crippen LogP contribution in [0.25, 0.3) is 10.9 Å². The topological polar surface area (TPSA) is 74.7 Å². The van der Waals surface area contributed by atoms with E-state index in [2.05, 4.69) is 15.3 Å². The molecule has 4 rings (SSSR count). The van der Waals surface area contributed by atoms with Crippen molar-refractivity contribution in [2.45, 2.75) is 0 Å². The number of carbonyl (C=O) groups is 2. The van der Waals surface area contributed by atoms with Crippen LogP contribution in [-0.4, -0.2) is 28.1 Å². The fourth-order valence-electron chi connectivity index (χ4n) is 2.85. The number of para-hydroxylation sites is 1. The number of rotatable bonds is 3. The number of pyridine rings is 1. The van der Waals surface area contributed by atoms with E-state index >= 15 is 0 Å². The second kappa shape index (κ2) is 7.05. The number of fused-ring (bicyclic) bond motifs is 1. The molecular weight excluding hydrogens is 360 g/mol. The van der Waals surface area contributed by atoms with Gasteiger partial charge in [-0.25, -0.2) is 0 Å². The van der Waals surface area contributed by atoms with Crippen LogP contribution in [0, 0.1) is 5.92 Å². The second-order valence-electron chi connectivity index (χ2n) is 5.94. The Kier molecular flexibility index (Phi) is 4.43. The van der Waals surface area contributed by atoms with E-state index in [1.54, 1.807) is 36.5 Å². The molecule has 7 heteroatoms. The molecule has 2 heterocycles. The van der Waals surface area contributed by atoms with E-state index in [1.807, 2.05) is 30.3 Å². The molecule has 2 aromatic carbocycles. The number of benzene rings is 2. The average molecular weight is 374 g/mol. The minimum Gasteiger partial charge on any atom is -0.301 e. The van der Waals surface area contributed by atoms with Crippen molar-refractivity contribution < 1.29 is 9.59 Å². The maximum Gasteiger partial charge on any atom is 0.251 e. The Labute approximate surface area is 160 Å². The van der Waals surface area contributed by atoms with Crippen LogP contribution in [0.1, 0.15) is 0 Å². The number of aliphatic imine (C=N–C) groups is 1. The molecule has 1 atom stereocenters. The quantitative estimate of drug-likeness (QED) is 0.434. The highest BCUT2D eigenvalue weighted by molar-refractivity contribution is 7.80. The number of thiocarbonyl (C=S) groups is 1. The Morgan fingerprint density at radius 3 is 2.70 bits per heavy atom. The van der Waals surface area contributed by atoms with E-state index in [1.165, 1.54) is 11.1 Å². The third-order valence-corrected chi connectivity index (χ3v) is 4.46. The monoisotopic (exact) mass is 374 g/mol. The summed E-state index contributed by atoms with van der Waals surface area (Å²) in [4.78, 5) is 35.0. The van der Waals surface area contributed by atoms with Gasteiger partial charge in [0, 0.05) is 17.8 Å². The Balaban J connectivity index is 1.63. The normalized spacial score (nSPS) is 17.6. The van der Waals surface area contributed by atoms with Crippen molar-refractivity contribution >= 4 is 57.6 Å². The summed E-state index contributed by atoms with van der Waals surface area (Å²) in [5.74, 6) is -1.97. The Hall–Kier alpha value is -3.45. The van der Waals surface area contributed by atoms with E-state index in [9.17, 15) is 9.59 Å². The fourth-order valence-corrected chi connectivity index (χ4v) is 3.14. The largest absolute Gasteiger partial charge is 0.301 e. The lowest BCUT2D eigenvalue weighted by atomic mass is 10.1. The first-order chi connectivity index (χ1) is 13.1. The number of nitrogens with zero attached hydrogens (tertiary/aromatic N) is 3. The number of anilines is 1. The molecular formula is C20H14N4O2S. The van der Waals surface area contributed by atoms with Crippen molar-refractivity contribution in [2.24, 2.45) is 10.9 Å². The molecule has 1 aliphatic heterocycles. The summed E-state index contributed by atoms with van der Waals surface area (Å²) >= 11 is 5.17. The van der Waals surface area contributed by atoms with Gasteiger partial charge < -0.3 is 5.32 Å². The molecule has 6 nitrogen and oxygen atoms in total. The molecule has 2 amide bonds. The first-order valence-electron chi connectivity index (χ1n) is 8.26. The maximum absolute atomic E-state index is 12.9. The number of hydrogen-bond acceptors (Lipinski definition) is 5. The Bertz CT molecular complexity index is 1080. The summed E-state index contributed by atoms with van der Waals surface area (Å²) in [5, 5.41) is 3.57. The van der Waals surface area contributed by atoms with Crippen molar-refractivity contribution in [3.63, 3.8) is 0 Å². The highest BCUT2D eigenvalue weighted by Crippen LogP contribution is 2.22. The molecule has 1 fully saturated rings. The van der Waals surface area contributed by atoms with Gasteiger partial charge in [-0.15, -0.1) is 0 Å². The number of hydrogen-bond donors (Lipinski definition) is 1. The molecule has 3 aromatic rings. The van der Waals surface area contributed by atoms with Crippen molar-refractivity contribution in [3.8, 4) is 0 Å². The molecule has 0 radical (unpaired) electrons. The minimum absolute atomic E-state index is 0.0672. The fraction of sp³-hybridized carbons (Fsp3) is 0.0500. The molecule has 1 saturated heterocycles. The summed E-state index contributed by atoms with van der Waals surface area (Å²) in [6.45, 7) is 0. The van der Waals surface area contributed by atoms with Crippen molar-refractivity contribution in [2.75, 3.05) is 4.90 Å². The predicted molar refractivity (Wildman–Crippen MR) is 108 cm³/mol. The zero-order valence-corrected chi connectivity index (χ0v) is 14.9. The van der Waals surface area contributed by atoms with Gasteiger partial charge in [0.15, 0.2) is 11.0 Å². The van der Waals surface area contributed by atoms with Crippen LogP contribution in [0.15, 0.2) is 71.9 Å². The first-order valence-corrected chi connectivity index (χ1v) is 8.67. The van der Waals surface area contributed by atoms with Gasteiger partial charge in [-0.2, -0.15) is 0 Å². The molecule has 0 unspecified atom stereocenters. The molecule has 27 heavy (non-hydrogen) atoms. The van der Waals surface area contributed by atoms with Gasteiger partial charge in [0.2, 0.25) is 5.91 Å². The third-order valence-electron chi connectivity index (χ3n) is 4.18. The summed E-state index contributed by atoms with van der Waals surface area (Å²) < 4.78 is 0. The molecule has 0 saturated carbocycles. The van der Waals surface area contributed by atoms with Crippen LogP contribution in [0.2, 0.25) is 0 Å². The van der Waals surface area contributed by atoms with E-state index in [0.29, 0.717) is 11.4 Å². The van der Waals surface area contributed by atoms with Crippen LogP contribution in [0.5, 0.6) is 0 Å². The van der Waals surface area contributed by atoms with Crippen LogP contribution < -0.4 is 10.2 Å². The van der Waals surface area contributed by atoms with Crippen molar-refractivity contribution in [1.82, 2.24) is 10.3 Å².